The SMILES string of the molecule is CC(C)(C)OC(=O)N1C(=O)C[C@@H](c2ccccc2)[C@H]1CO[Si](C)(C)C(C)(C)C. The third-order valence-electron chi connectivity index (χ3n) is 5.70. The van der Waals surface area contributed by atoms with Gasteiger partial charge in [-0.3, -0.25) is 4.79 Å². The lowest BCUT2D eigenvalue weighted by Gasteiger charge is -2.38. The van der Waals surface area contributed by atoms with Crippen molar-refractivity contribution in [1.29, 1.82) is 0 Å². The van der Waals surface area contributed by atoms with Crippen molar-refractivity contribution < 1.29 is 18.8 Å². The zero-order valence-electron chi connectivity index (χ0n) is 18.5. The van der Waals surface area contributed by atoms with Crippen LogP contribution >= 0.6 is 0 Å². The summed E-state index contributed by atoms with van der Waals surface area (Å²) < 4.78 is 12.0. The summed E-state index contributed by atoms with van der Waals surface area (Å²) in [6.07, 6.45) is -0.297. The molecule has 1 aliphatic rings. The van der Waals surface area contributed by atoms with Gasteiger partial charge in [-0.15, -0.1) is 0 Å². The van der Waals surface area contributed by atoms with Crippen LogP contribution in [0.3, 0.4) is 0 Å². The maximum Gasteiger partial charge on any atom is 0.417 e. The molecule has 28 heavy (non-hydrogen) atoms. The van der Waals surface area contributed by atoms with Crippen molar-refractivity contribution in [2.75, 3.05) is 6.61 Å². The third-order valence-corrected chi connectivity index (χ3v) is 10.2. The van der Waals surface area contributed by atoms with Gasteiger partial charge in [0.2, 0.25) is 5.91 Å². The summed E-state index contributed by atoms with van der Waals surface area (Å²) in [7, 11) is -2.03. The molecule has 0 bridgehead atoms. The van der Waals surface area contributed by atoms with Crippen LogP contribution in [0.4, 0.5) is 4.79 Å². The summed E-state index contributed by atoms with van der Waals surface area (Å²) in [5, 5.41) is 0.0502. The monoisotopic (exact) mass is 405 g/mol. The van der Waals surface area contributed by atoms with Crippen molar-refractivity contribution in [1.82, 2.24) is 4.90 Å². The zero-order valence-corrected chi connectivity index (χ0v) is 19.5. The van der Waals surface area contributed by atoms with Crippen molar-refractivity contribution in [3.8, 4) is 0 Å². The van der Waals surface area contributed by atoms with Crippen molar-refractivity contribution in [3.05, 3.63) is 35.9 Å². The van der Waals surface area contributed by atoms with Gasteiger partial charge in [-0.05, 0) is 44.5 Å². The maximum absolute atomic E-state index is 12.8. The van der Waals surface area contributed by atoms with E-state index < -0.39 is 20.0 Å². The van der Waals surface area contributed by atoms with Crippen molar-refractivity contribution in [2.45, 2.75) is 83.7 Å². The molecule has 0 N–H and O–H groups in total. The summed E-state index contributed by atoms with van der Waals surface area (Å²) in [6, 6.07) is 9.53. The summed E-state index contributed by atoms with van der Waals surface area (Å²) in [6.45, 7) is 16.7. The van der Waals surface area contributed by atoms with Crippen LogP contribution in [0.25, 0.3) is 0 Å². The molecule has 0 aliphatic carbocycles. The van der Waals surface area contributed by atoms with E-state index in [2.05, 4.69) is 33.9 Å². The van der Waals surface area contributed by atoms with Gasteiger partial charge in [0.05, 0.1) is 12.6 Å². The average Bonchev–Trinajstić information content (AvgIpc) is 2.88. The fourth-order valence-corrected chi connectivity index (χ4v) is 4.10. The topological polar surface area (TPSA) is 55.8 Å². The number of carbonyl (C=O) groups is 2. The summed E-state index contributed by atoms with van der Waals surface area (Å²) in [5.41, 5.74) is 0.387. The number of nitrogens with zero attached hydrogens (tertiary/aromatic N) is 1. The van der Waals surface area contributed by atoms with Gasteiger partial charge in [0, 0.05) is 12.3 Å². The van der Waals surface area contributed by atoms with Crippen molar-refractivity contribution in [3.63, 3.8) is 0 Å². The molecule has 0 unspecified atom stereocenters. The Hall–Kier alpha value is -1.66. The fourth-order valence-electron chi connectivity index (χ4n) is 3.08. The molecule has 0 radical (unpaired) electrons. The number of benzene rings is 1. The van der Waals surface area contributed by atoms with Gasteiger partial charge in [0.15, 0.2) is 8.32 Å². The zero-order chi connectivity index (χ0) is 21.3. The Bertz CT molecular complexity index is 703. The highest BCUT2D eigenvalue weighted by atomic mass is 28.4. The van der Waals surface area contributed by atoms with Crippen LogP contribution in [0, 0.1) is 0 Å². The van der Waals surface area contributed by atoms with E-state index in [9.17, 15) is 9.59 Å². The highest BCUT2D eigenvalue weighted by Crippen LogP contribution is 2.40. The molecule has 1 heterocycles. The number of carbonyl (C=O) groups excluding carboxylic acids is 2. The highest BCUT2D eigenvalue weighted by Gasteiger charge is 2.47. The lowest BCUT2D eigenvalue weighted by atomic mass is 9.92. The van der Waals surface area contributed by atoms with Gasteiger partial charge in [-0.2, -0.15) is 0 Å². The Morgan fingerprint density at radius 3 is 2.18 bits per heavy atom. The second kappa shape index (κ2) is 7.99. The normalized spacial score (nSPS) is 21.1. The summed E-state index contributed by atoms with van der Waals surface area (Å²) in [5.74, 6) is -0.294. The van der Waals surface area contributed by atoms with Crippen LogP contribution < -0.4 is 0 Å². The fraction of sp³-hybridized carbons (Fsp3) is 0.636. The van der Waals surface area contributed by atoms with Crippen molar-refractivity contribution >= 4 is 20.3 Å². The van der Waals surface area contributed by atoms with Crippen LogP contribution in [-0.4, -0.2) is 43.5 Å². The van der Waals surface area contributed by atoms with Gasteiger partial charge < -0.3 is 9.16 Å². The van der Waals surface area contributed by atoms with Crippen LogP contribution in [0.5, 0.6) is 0 Å². The largest absolute Gasteiger partial charge is 0.443 e. The van der Waals surface area contributed by atoms with Crippen LogP contribution in [-0.2, 0) is 14.0 Å². The first-order chi connectivity index (χ1) is 12.7. The molecule has 6 heteroatoms. The number of ether oxygens (including phenoxy) is 1. The van der Waals surface area contributed by atoms with Crippen LogP contribution in [0.15, 0.2) is 30.3 Å². The number of likely N-dealkylation sites (tertiary alicyclic amines) is 1. The molecule has 2 atom stereocenters. The standard InChI is InChI=1S/C22H35NO4Si/c1-21(2,3)27-20(25)23-18(15-26-28(7,8)22(4,5)6)17(14-19(23)24)16-12-10-9-11-13-16/h9-13,17-18H,14-15H2,1-8H3/t17-,18+/m0/s1. The summed E-state index contributed by atoms with van der Waals surface area (Å²) in [4.78, 5) is 26.9. The molecule has 0 saturated carbocycles. The van der Waals surface area contributed by atoms with E-state index in [4.69, 9.17) is 9.16 Å². The van der Waals surface area contributed by atoms with Crippen LogP contribution in [0.1, 0.15) is 59.4 Å². The molecule has 2 rings (SSSR count). The lowest BCUT2D eigenvalue weighted by molar-refractivity contribution is -0.128. The van der Waals surface area contributed by atoms with Gasteiger partial charge in [-0.25, -0.2) is 9.69 Å². The van der Waals surface area contributed by atoms with Gasteiger partial charge >= 0.3 is 6.09 Å². The van der Waals surface area contributed by atoms with Gasteiger partial charge in [-0.1, -0.05) is 51.1 Å². The first-order valence-electron chi connectivity index (χ1n) is 9.97. The first kappa shape index (κ1) is 22.6. The Kier molecular flexibility index (Phi) is 6.46. The molecule has 1 aliphatic heterocycles. The predicted molar refractivity (Wildman–Crippen MR) is 114 cm³/mol. The van der Waals surface area contributed by atoms with Gasteiger partial charge in [0.25, 0.3) is 0 Å². The molecule has 1 aromatic carbocycles. The highest BCUT2D eigenvalue weighted by molar-refractivity contribution is 6.74. The van der Waals surface area contributed by atoms with E-state index in [1.165, 1.54) is 4.90 Å². The molecule has 1 saturated heterocycles. The minimum Gasteiger partial charge on any atom is -0.443 e. The molecular formula is C22H35NO4Si. The second-order valence-corrected chi connectivity index (χ2v) is 14.9. The van der Waals surface area contributed by atoms with Crippen LogP contribution in [0.2, 0.25) is 18.1 Å². The van der Waals surface area contributed by atoms with E-state index in [-0.39, 0.29) is 29.3 Å². The molecule has 1 fully saturated rings. The molecule has 0 aromatic heterocycles. The first-order valence-corrected chi connectivity index (χ1v) is 12.9. The number of amides is 2. The summed E-state index contributed by atoms with van der Waals surface area (Å²) >= 11 is 0. The van der Waals surface area contributed by atoms with E-state index in [0.717, 1.165) is 5.56 Å². The molecular weight excluding hydrogens is 370 g/mol. The molecule has 0 spiro atoms. The predicted octanol–water partition coefficient (Wildman–Crippen LogP) is 5.33. The Balaban J connectivity index is 2.32. The Labute approximate surface area is 170 Å². The third kappa shape index (κ3) is 5.23. The quantitative estimate of drug-likeness (QED) is 0.636. The molecule has 1 aromatic rings. The van der Waals surface area contributed by atoms with Gasteiger partial charge in [0.1, 0.15) is 5.60 Å². The lowest BCUT2D eigenvalue weighted by Crippen LogP contribution is -2.49. The molecule has 5 nitrogen and oxygen atoms in total. The smallest absolute Gasteiger partial charge is 0.417 e. The molecule has 156 valence electrons. The number of imide groups is 1. The maximum atomic E-state index is 12.8. The Morgan fingerprint density at radius 2 is 1.68 bits per heavy atom. The number of hydrogen-bond acceptors (Lipinski definition) is 4. The number of rotatable bonds is 4. The second-order valence-electron chi connectivity index (χ2n) is 10.1. The Morgan fingerprint density at radius 1 is 1.11 bits per heavy atom. The average molecular weight is 406 g/mol. The van der Waals surface area contributed by atoms with E-state index in [0.29, 0.717) is 6.61 Å². The molecule has 2 amide bonds. The minimum absolute atomic E-state index is 0.0502. The van der Waals surface area contributed by atoms with Crippen molar-refractivity contribution in [2.24, 2.45) is 0 Å². The van der Waals surface area contributed by atoms with E-state index >= 15 is 0 Å². The minimum atomic E-state index is -2.03. The van der Waals surface area contributed by atoms with E-state index in [1.54, 1.807) is 20.8 Å². The number of hydrogen-bond donors (Lipinski definition) is 0. The van der Waals surface area contributed by atoms with E-state index in [1.807, 2.05) is 30.3 Å².